The lowest BCUT2D eigenvalue weighted by molar-refractivity contribution is 0.182. The van der Waals surface area contributed by atoms with Crippen LogP contribution in [0.15, 0.2) is 24.3 Å². The molecule has 0 aliphatic carbocycles. The van der Waals surface area contributed by atoms with Crippen LogP contribution in [0.1, 0.15) is 19.8 Å². The number of ether oxygens (including phenoxy) is 1. The number of hydrogen-bond donors (Lipinski definition) is 1. The Hall–Kier alpha value is -1.09. The lowest BCUT2D eigenvalue weighted by Gasteiger charge is -2.23. The van der Waals surface area contributed by atoms with Crippen LogP contribution in [0.4, 0.5) is 10.1 Å². The fourth-order valence-corrected chi connectivity index (χ4v) is 2.22. The summed E-state index contributed by atoms with van der Waals surface area (Å²) >= 11 is 0. The topological polar surface area (TPSA) is 21.3 Å². The minimum atomic E-state index is -0.192. The first-order valence-corrected chi connectivity index (χ1v) is 5.89. The Morgan fingerprint density at radius 2 is 2.44 bits per heavy atom. The van der Waals surface area contributed by atoms with E-state index >= 15 is 0 Å². The highest BCUT2D eigenvalue weighted by Gasteiger charge is 2.24. The fraction of sp³-hybridized carbons (Fsp3) is 0.538. The molecule has 1 fully saturated rings. The van der Waals surface area contributed by atoms with Crippen LogP contribution in [0.25, 0.3) is 0 Å². The number of rotatable bonds is 4. The maximum atomic E-state index is 13.0. The molecule has 1 aromatic carbocycles. The van der Waals surface area contributed by atoms with E-state index in [1.807, 2.05) is 6.07 Å². The molecule has 2 unspecified atom stereocenters. The van der Waals surface area contributed by atoms with Crippen molar-refractivity contribution in [3.05, 3.63) is 30.1 Å². The normalized spacial score (nSPS) is 22.0. The maximum Gasteiger partial charge on any atom is 0.125 e. The quantitative estimate of drug-likeness (QED) is 0.847. The van der Waals surface area contributed by atoms with E-state index in [-0.39, 0.29) is 5.82 Å². The largest absolute Gasteiger partial charge is 0.382 e. The Bertz CT molecular complexity index is 336. The highest BCUT2D eigenvalue weighted by atomic mass is 19.1. The maximum absolute atomic E-state index is 13.0. The first kappa shape index (κ1) is 11.4. The first-order chi connectivity index (χ1) is 7.79. The fourth-order valence-electron chi connectivity index (χ4n) is 2.22. The third-order valence-electron chi connectivity index (χ3n) is 3.15. The zero-order valence-corrected chi connectivity index (χ0v) is 9.58. The summed E-state index contributed by atoms with van der Waals surface area (Å²) in [5.41, 5.74) is 0.860. The highest BCUT2D eigenvalue weighted by molar-refractivity contribution is 5.44. The van der Waals surface area contributed by atoms with Gasteiger partial charge in [-0.15, -0.1) is 0 Å². The molecule has 1 heterocycles. The molecule has 1 aliphatic heterocycles. The molecule has 2 nitrogen and oxygen atoms in total. The van der Waals surface area contributed by atoms with Crippen LogP contribution in [0.3, 0.4) is 0 Å². The second-order valence-corrected chi connectivity index (χ2v) is 4.29. The van der Waals surface area contributed by atoms with Gasteiger partial charge >= 0.3 is 0 Å². The molecule has 88 valence electrons. The zero-order valence-electron chi connectivity index (χ0n) is 9.58. The Balaban J connectivity index is 2.00. The van der Waals surface area contributed by atoms with Crippen LogP contribution in [0.2, 0.25) is 0 Å². The third-order valence-corrected chi connectivity index (χ3v) is 3.15. The van der Waals surface area contributed by atoms with E-state index in [0.29, 0.717) is 12.0 Å². The molecule has 1 aromatic rings. The van der Waals surface area contributed by atoms with Gasteiger partial charge in [0.15, 0.2) is 0 Å². The van der Waals surface area contributed by atoms with Crippen LogP contribution in [-0.4, -0.2) is 19.3 Å². The molecule has 0 bridgehead atoms. The number of benzene rings is 1. The van der Waals surface area contributed by atoms with Crippen molar-refractivity contribution < 1.29 is 9.13 Å². The Labute approximate surface area is 95.8 Å². The van der Waals surface area contributed by atoms with Crippen molar-refractivity contribution >= 4 is 5.69 Å². The summed E-state index contributed by atoms with van der Waals surface area (Å²) in [7, 11) is 0. The smallest absolute Gasteiger partial charge is 0.125 e. The summed E-state index contributed by atoms with van der Waals surface area (Å²) in [5, 5.41) is 3.39. The SMILES string of the molecule is CCC(Nc1cccc(F)c1)C1CCOC1. The van der Waals surface area contributed by atoms with Gasteiger partial charge in [-0.05, 0) is 31.0 Å². The molecular weight excluding hydrogens is 205 g/mol. The van der Waals surface area contributed by atoms with Gasteiger partial charge in [0, 0.05) is 24.3 Å². The molecule has 2 rings (SSSR count). The molecule has 3 heteroatoms. The molecular formula is C13H18FNO. The lowest BCUT2D eigenvalue weighted by atomic mass is 9.96. The van der Waals surface area contributed by atoms with Crippen molar-refractivity contribution in [1.82, 2.24) is 0 Å². The van der Waals surface area contributed by atoms with Gasteiger partial charge in [0.05, 0.1) is 6.61 Å². The van der Waals surface area contributed by atoms with Gasteiger partial charge < -0.3 is 10.1 Å². The zero-order chi connectivity index (χ0) is 11.4. The molecule has 0 radical (unpaired) electrons. The summed E-state index contributed by atoms with van der Waals surface area (Å²) in [5.74, 6) is 0.357. The van der Waals surface area contributed by atoms with Crippen molar-refractivity contribution in [3.8, 4) is 0 Å². The van der Waals surface area contributed by atoms with Crippen molar-refractivity contribution in [2.45, 2.75) is 25.8 Å². The summed E-state index contributed by atoms with van der Waals surface area (Å²) in [6, 6.07) is 7.02. The van der Waals surface area contributed by atoms with Gasteiger partial charge in [-0.1, -0.05) is 13.0 Å². The van der Waals surface area contributed by atoms with Gasteiger partial charge in [0.25, 0.3) is 0 Å². The average Bonchev–Trinajstić information content (AvgIpc) is 2.79. The van der Waals surface area contributed by atoms with Crippen LogP contribution < -0.4 is 5.32 Å². The first-order valence-electron chi connectivity index (χ1n) is 5.89. The van der Waals surface area contributed by atoms with Crippen LogP contribution in [-0.2, 0) is 4.74 Å². The summed E-state index contributed by atoms with van der Waals surface area (Å²) < 4.78 is 18.4. The number of halogens is 1. The summed E-state index contributed by atoms with van der Waals surface area (Å²) in [6.45, 7) is 3.82. The van der Waals surface area contributed by atoms with Gasteiger partial charge in [-0.3, -0.25) is 0 Å². The van der Waals surface area contributed by atoms with Crippen molar-refractivity contribution in [1.29, 1.82) is 0 Å². The average molecular weight is 223 g/mol. The number of anilines is 1. The van der Waals surface area contributed by atoms with E-state index in [0.717, 1.165) is 31.7 Å². The van der Waals surface area contributed by atoms with Crippen molar-refractivity contribution in [2.24, 2.45) is 5.92 Å². The van der Waals surface area contributed by atoms with Crippen LogP contribution in [0.5, 0.6) is 0 Å². The van der Waals surface area contributed by atoms with E-state index in [2.05, 4.69) is 12.2 Å². The van der Waals surface area contributed by atoms with Gasteiger partial charge in [-0.2, -0.15) is 0 Å². The third kappa shape index (κ3) is 2.73. The molecule has 1 N–H and O–H groups in total. The van der Waals surface area contributed by atoms with Crippen LogP contribution in [0, 0.1) is 11.7 Å². The minimum absolute atomic E-state index is 0.192. The standard InChI is InChI=1S/C13H18FNO/c1-2-13(10-6-7-16-9-10)15-12-5-3-4-11(14)8-12/h3-5,8,10,13,15H,2,6-7,9H2,1H3. The lowest BCUT2D eigenvalue weighted by Crippen LogP contribution is -2.28. The van der Waals surface area contributed by atoms with Gasteiger partial charge in [0.2, 0.25) is 0 Å². The monoisotopic (exact) mass is 223 g/mol. The molecule has 1 aliphatic rings. The molecule has 0 aromatic heterocycles. The van der Waals surface area contributed by atoms with Crippen LogP contribution >= 0.6 is 0 Å². The number of hydrogen-bond acceptors (Lipinski definition) is 2. The second-order valence-electron chi connectivity index (χ2n) is 4.29. The van der Waals surface area contributed by atoms with E-state index in [1.165, 1.54) is 6.07 Å². The molecule has 2 atom stereocenters. The number of nitrogens with one attached hydrogen (secondary N) is 1. The van der Waals surface area contributed by atoms with Gasteiger partial charge in [0.1, 0.15) is 5.82 Å². The molecule has 1 saturated heterocycles. The predicted molar refractivity (Wildman–Crippen MR) is 63.0 cm³/mol. The Morgan fingerprint density at radius 1 is 1.56 bits per heavy atom. The second kappa shape index (κ2) is 5.30. The highest BCUT2D eigenvalue weighted by Crippen LogP contribution is 2.22. The summed E-state index contributed by atoms with van der Waals surface area (Å²) in [6.07, 6.45) is 2.13. The van der Waals surface area contributed by atoms with E-state index in [4.69, 9.17) is 4.74 Å². The van der Waals surface area contributed by atoms with Crippen molar-refractivity contribution in [2.75, 3.05) is 18.5 Å². The van der Waals surface area contributed by atoms with E-state index < -0.39 is 0 Å². The summed E-state index contributed by atoms with van der Waals surface area (Å²) in [4.78, 5) is 0. The molecule has 0 amide bonds. The molecule has 0 saturated carbocycles. The minimum Gasteiger partial charge on any atom is -0.382 e. The Morgan fingerprint density at radius 3 is 3.06 bits per heavy atom. The van der Waals surface area contributed by atoms with E-state index in [9.17, 15) is 4.39 Å². The molecule has 16 heavy (non-hydrogen) atoms. The Kier molecular flexibility index (Phi) is 3.78. The predicted octanol–water partition coefficient (Wildman–Crippen LogP) is 3.05. The van der Waals surface area contributed by atoms with Crippen molar-refractivity contribution in [3.63, 3.8) is 0 Å². The van der Waals surface area contributed by atoms with E-state index in [1.54, 1.807) is 12.1 Å². The molecule has 0 spiro atoms. The van der Waals surface area contributed by atoms with Gasteiger partial charge in [-0.25, -0.2) is 4.39 Å².